The number of amides is 2. The minimum Gasteiger partial charge on any atom is -0.484 e. The number of hydrogen-bond acceptors (Lipinski definition) is 7. The van der Waals surface area contributed by atoms with Gasteiger partial charge in [-0.3, -0.25) is 9.59 Å². The molecule has 148 valence electrons. The lowest BCUT2D eigenvalue weighted by atomic mass is 10.0. The second-order valence-electron chi connectivity index (χ2n) is 6.37. The van der Waals surface area contributed by atoms with Crippen LogP contribution in [0.2, 0.25) is 0 Å². The summed E-state index contributed by atoms with van der Waals surface area (Å²) in [5.41, 5.74) is 7.77. The first-order chi connectivity index (χ1) is 14.0. The van der Waals surface area contributed by atoms with Gasteiger partial charge in [0.25, 0.3) is 11.9 Å². The lowest BCUT2D eigenvalue weighted by Crippen LogP contribution is -2.19. The molecule has 9 nitrogen and oxygen atoms in total. The van der Waals surface area contributed by atoms with Gasteiger partial charge < -0.3 is 15.8 Å². The molecule has 0 unspecified atom stereocenters. The number of hydrogen-bond donors (Lipinski definition) is 2. The summed E-state index contributed by atoms with van der Waals surface area (Å²) in [5, 5.41) is 7.39. The average Bonchev–Trinajstić information content (AvgIpc) is 2.93. The van der Waals surface area contributed by atoms with Gasteiger partial charge in [-0.2, -0.15) is 9.78 Å². The molecule has 3 heterocycles. The second-order valence-corrected chi connectivity index (χ2v) is 7.46. The van der Waals surface area contributed by atoms with E-state index in [1.165, 1.54) is 11.8 Å². The number of rotatable bonds is 5. The lowest BCUT2D eigenvalue weighted by molar-refractivity contribution is -0.120. The summed E-state index contributed by atoms with van der Waals surface area (Å²) in [6, 6.07) is 9.09. The quantitative estimate of drug-likeness (QED) is 0.654. The van der Waals surface area contributed by atoms with Crippen LogP contribution in [0, 0.1) is 6.92 Å². The first-order valence-corrected chi connectivity index (χ1v) is 9.87. The summed E-state index contributed by atoms with van der Waals surface area (Å²) in [5.74, 6) is 1.16. The van der Waals surface area contributed by atoms with Crippen molar-refractivity contribution in [2.45, 2.75) is 12.2 Å². The number of fused-ring (bicyclic) bond motifs is 1. The van der Waals surface area contributed by atoms with E-state index in [9.17, 15) is 9.59 Å². The van der Waals surface area contributed by atoms with Crippen LogP contribution in [-0.2, 0) is 9.59 Å². The third-order valence-corrected chi connectivity index (χ3v) is 5.58. The van der Waals surface area contributed by atoms with Crippen LogP contribution in [0.15, 0.2) is 42.7 Å². The summed E-state index contributed by atoms with van der Waals surface area (Å²) in [4.78, 5) is 31.7. The summed E-state index contributed by atoms with van der Waals surface area (Å²) in [6.07, 6.45) is 3.25. The fourth-order valence-electron chi connectivity index (χ4n) is 3.09. The molecule has 0 spiro atoms. The Labute approximate surface area is 170 Å². The predicted molar refractivity (Wildman–Crippen MR) is 108 cm³/mol. The highest BCUT2D eigenvalue weighted by Crippen LogP contribution is 2.43. The molecule has 0 bridgehead atoms. The topological polar surface area (TPSA) is 125 Å². The fraction of sp³-hybridized carbons (Fsp3) is 0.211. The number of thioether (sulfide) groups is 1. The molecule has 0 fully saturated rings. The summed E-state index contributed by atoms with van der Waals surface area (Å²) in [6.45, 7) is 1.72. The van der Waals surface area contributed by atoms with Gasteiger partial charge in [0, 0.05) is 18.0 Å². The van der Waals surface area contributed by atoms with Gasteiger partial charge in [0.1, 0.15) is 11.6 Å². The van der Waals surface area contributed by atoms with E-state index in [2.05, 4.69) is 20.4 Å². The van der Waals surface area contributed by atoms with Crippen molar-refractivity contribution in [2.75, 3.05) is 17.7 Å². The number of aryl methyl sites for hydroxylation is 1. The van der Waals surface area contributed by atoms with Gasteiger partial charge in [0.15, 0.2) is 6.61 Å². The number of carbonyl (C=O) groups is 2. The average molecular weight is 410 g/mol. The standard InChI is InChI=1S/C19H18N6O3S/c1-11-16-17(12-3-5-13(6-4-12)28-9-14(20)26)29-10-15(27)23-18(16)25(24-11)19-21-7-2-8-22-19/h2-8,17H,9-10H2,1H3,(H2,20,26)(H,23,27)/t17-/m1/s1. The largest absolute Gasteiger partial charge is 0.484 e. The minimum atomic E-state index is -0.534. The number of nitrogens with two attached hydrogens (primary N) is 1. The minimum absolute atomic E-state index is 0.114. The molecule has 1 aliphatic heterocycles. The number of anilines is 1. The number of nitrogens with zero attached hydrogens (tertiary/aromatic N) is 4. The van der Waals surface area contributed by atoms with Crippen LogP contribution in [0.25, 0.3) is 5.95 Å². The van der Waals surface area contributed by atoms with Gasteiger partial charge in [0.05, 0.1) is 16.7 Å². The van der Waals surface area contributed by atoms with E-state index in [-0.39, 0.29) is 17.8 Å². The summed E-state index contributed by atoms with van der Waals surface area (Å²) in [7, 11) is 0. The Kier molecular flexibility index (Phi) is 5.17. The van der Waals surface area contributed by atoms with Crippen LogP contribution in [0.1, 0.15) is 22.1 Å². The molecular weight excluding hydrogens is 392 g/mol. The maximum atomic E-state index is 12.3. The van der Waals surface area contributed by atoms with Crippen LogP contribution in [0.5, 0.6) is 5.75 Å². The number of ether oxygens (including phenoxy) is 1. The van der Waals surface area contributed by atoms with Gasteiger partial charge in [-0.1, -0.05) is 12.1 Å². The van der Waals surface area contributed by atoms with Crippen LogP contribution in [0.4, 0.5) is 5.82 Å². The van der Waals surface area contributed by atoms with Crippen LogP contribution < -0.4 is 15.8 Å². The lowest BCUT2D eigenvalue weighted by Gasteiger charge is -2.16. The predicted octanol–water partition coefficient (Wildman–Crippen LogP) is 1.61. The second kappa shape index (κ2) is 7.92. The van der Waals surface area contributed by atoms with Crippen molar-refractivity contribution in [2.24, 2.45) is 5.73 Å². The van der Waals surface area contributed by atoms with Crippen LogP contribution >= 0.6 is 11.8 Å². The molecule has 2 amide bonds. The zero-order valence-electron chi connectivity index (χ0n) is 15.5. The Balaban J connectivity index is 1.73. The molecule has 4 rings (SSSR count). The third-order valence-electron chi connectivity index (χ3n) is 4.31. The Morgan fingerprint density at radius 2 is 2.03 bits per heavy atom. The van der Waals surface area contributed by atoms with E-state index in [0.29, 0.717) is 23.3 Å². The van der Waals surface area contributed by atoms with Crippen LogP contribution in [0.3, 0.4) is 0 Å². The maximum Gasteiger partial charge on any atom is 0.255 e. The van der Waals surface area contributed by atoms with Crippen molar-refractivity contribution in [3.05, 3.63) is 59.5 Å². The molecule has 3 aromatic rings. The van der Waals surface area contributed by atoms with E-state index in [4.69, 9.17) is 10.5 Å². The smallest absolute Gasteiger partial charge is 0.255 e. The van der Waals surface area contributed by atoms with Gasteiger partial charge >= 0.3 is 0 Å². The first-order valence-electron chi connectivity index (χ1n) is 8.82. The molecule has 1 aromatic carbocycles. The number of nitrogens with one attached hydrogen (secondary N) is 1. The third kappa shape index (κ3) is 3.92. The van der Waals surface area contributed by atoms with E-state index in [0.717, 1.165) is 16.8 Å². The van der Waals surface area contributed by atoms with Crippen molar-refractivity contribution in [3.63, 3.8) is 0 Å². The Bertz CT molecular complexity index is 1050. The highest BCUT2D eigenvalue weighted by Gasteiger charge is 2.31. The maximum absolute atomic E-state index is 12.3. The van der Waals surface area contributed by atoms with Gasteiger partial charge in [0.2, 0.25) is 5.91 Å². The molecule has 0 saturated heterocycles. The van der Waals surface area contributed by atoms with E-state index in [1.807, 2.05) is 19.1 Å². The van der Waals surface area contributed by atoms with Crippen molar-refractivity contribution < 1.29 is 14.3 Å². The van der Waals surface area contributed by atoms with Gasteiger partial charge in [-0.15, -0.1) is 11.8 Å². The number of carbonyl (C=O) groups excluding carboxylic acids is 2. The monoisotopic (exact) mass is 410 g/mol. The highest BCUT2D eigenvalue weighted by atomic mass is 32.2. The normalized spacial score (nSPS) is 15.9. The van der Waals surface area contributed by atoms with E-state index >= 15 is 0 Å². The molecule has 0 saturated carbocycles. The molecule has 2 aromatic heterocycles. The number of aromatic nitrogens is 4. The summed E-state index contributed by atoms with van der Waals surface area (Å²) >= 11 is 1.51. The molecule has 10 heteroatoms. The van der Waals surface area contributed by atoms with Crippen molar-refractivity contribution in [1.29, 1.82) is 0 Å². The van der Waals surface area contributed by atoms with Crippen molar-refractivity contribution in [1.82, 2.24) is 19.7 Å². The fourth-order valence-corrected chi connectivity index (χ4v) is 4.27. The Morgan fingerprint density at radius 3 is 2.72 bits per heavy atom. The summed E-state index contributed by atoms with van der Waals surface area (Å²) < 4.78 is 6.89. The van der Waals surface area contributed by atoms with E-state index < -0.39 is 5.91 Å². The van der Waals surface area contributed by atoms with Gasteiger partial charge in [-0.25, -0.2) is 9.97 Å². The Hall–Kier alpha value is -3.40. The molecule has 29 heavy (non-hydrogen) atoms. The molecule has 0 aliphatic carbocycles. The molecule has 0 radical (unpaired) electrons. The van der Waals surface area contributed by atoms with E-state index in [1.54, 1.807) is 35.3 Å². The number of primary amides is 1. The number of benzene rings is 1. The molecular formula is C19H18N6O3S. The molecule has 1 atom stereocenters. The molecule has 1 aliphatic rings. The zero-order chi connectivity index (χ0) is 20.4. The Morgan fingerprint density at radius 1 is 1.31 bits per heavy atom. The van der Waals surface area contributed by atoms with Crippen molar-refractivity contribution in [3.8, 4) is 11.7 Å². The zero-order valence-corrected chi connectivity index (χ0v) is 16.3. The highest BCUT2D eigenvalue weighted by molar-refractivity contribution is 8.00. The van der Waals surface area contributed by atoms with Gasteiger partial charge in [-0.05, 0) is 30.7 Å². The molecule has 3 N–H and O–H groups in total. The first kappa shape index (κ1) is 18.9. The van der Waals surface area contributed by atoms with Crippen molar-refractivity contribution >= 4 is 29.4 Å². The van der Waals surface area contributed by atoms with Crippen LogP contribution in [-0.4, -0.2) is 43.9 Å². The SMILES string of the molecule is Cc1nn(-c2ncccn2)c2c1[C@@H](c1ccc(OCC(N)=O)cc1)SCC(=O)N2.